The summed E-state index contributed by atoms with van der Waals surface area (Å²) in [6.07, 6.45) is 8.12. The molecule has 0 spiro atoms. The smallest absolute Gasteiger partial charge is 0.193 e. The Morgan fingerprint density at radius 1 is 1.31 bits per heavy atom. The normalized spacial score (nSPS) is 19.0. The third-order valence-electron chi connectivity index (χ3n) is 5.48. The maximum absolute atomic E-state index is 5.44. The number of nitrogens with one attached hydrogen (secondary N) is 1. The van der Waals surface area contributed by atoms with Crippen molar-refractivity contribution in [3.05, 3.63) is 23.9 Å². The van der Waals surface area contributed by atoms with E-state index in [1.807, 2.05) is 13.2 Å². The summed E-state index contributed by atoms with van der Waals surface area (Å²) in [5, 5.41) is 3.46. The number of rotatable bonds is 6. The Bertz CT molecular complexity index is 562. The van der Waals surface area contributed by atoms with Gasteiger partial charge in [0.05, 0.1) is 0 Å². The van der Waals surface area contributed by atoms with E-state index < -0.39 is 0 Å². The van der Waals surface area contributed by atoms with Crippen molar-refractivity contribution in [3.63, 3.8) is 0 Å². The lowest BCUT2D eigenvalue weighted by molar-refractivity contribution is 0.0625. The van der Waals surface area contributed by atoms with Crippen molar-refractivity contribution in [2.45, 2.75) is 38.6 Å². The van der Waals surface area contributed by atoms with E-state index in [4.69, 9.17) is 4.74 Å². The van der Waals surface area contributed by atoms with Crippen molar-refractivity contribution in [2.24, 2.45) is 10.9 Å². The molecule has 0 bridgehead atoms. The van der Waals surface area contributed by atoms with Gasteiger partial charge in [-0.15, -0.1) is 0 Å². The molecule has 6 heteroatoms. The summed E-state index contributed by atoms with van der Waals surface area (Å²) in [6.45, 7) is 5.88. The highest BCUT2D eigenvalue weighted by Crippen LogP contribution is 2.19. The van der Waals surface area contributed by atoms with Crippen molar-refractivity contribution >= 4 is 11.8 Å². The van der Waals surface area contributed by atoms with Crippen LogP contribution in [0.4, 0.5) is 5.82 Å². The highest BCUT2D eigenvalue weighted by molar-refractivity contribution is 5.79. The van der Waals surface area contributed by atoms with Crippen molar-refractivity contribution in [1.82, 2.24) is 15.2 Å². The monoisotopic (exact) mass is 359 g/mol. The second-order valence-electron chi connectivity index (χ2n) is 7.39. The maximum Gasteiger partial charge on any atom is 0.193 e. The molecular weight excluding hydrogens is 326 g/mol. The minimum atomic E-state index is 0.752. The van der Waals surface area contributed by atoms with Crippen LogP contribution in [0.25, 0.3) is 0 Å². The Kier molecular flexibility index (Phi) is 7.12. The molecule has 26 heavy (non-hydrogen) atoms. The van der Waals surface area contributed by atoms with Gasteiger partial charge < -0.3 is 19.9 Å². The molecule has 0 aromatic carbocycles. The largest absolute Gasteiger partial charge is 0.381 e. The van der Waals surface area contributed by atoms with E-state index in [9.17, 15) is 0 Å². The Labute approximate surface area is 157 Å². The molecule has 2 aliphatic heterocycles. The number of guanidine groups is 1. The Morgan fingerprint density at radius 3 is 2.73 bits per heavy atom. The highest BCUT2D eigenvalue weighted by Gasteiger charge is 2.16. The molecule has 3 heterocycles. The predicted molar refractivity (Wildman–Crippen MR) is 107 cm³/mol. The Morgan fingerprint density at radius 2 is 2.08 bits per heavy atom. The van der Waals surface area contributed by atoms with Gasteiger partial charge in [0.25, 0.3) is 0 Å². The van der Waals surface area contributed by atoms with Gasteiger partial charge in [0.2, 0.25) is 0 Å². The molecule has 0 amide bonds. The minimum absolute atomic E-state index is 0.752. The third-order valence-corrected chi connectivity index (χ3v) is 5.48. The number of anilines is 1. The standard InChI is InChI=1S/C20H33N5O/c1-21-20(24(2)12-7-17-8-13-26-14-9-17)23-16-18-5-6-19(22-15-18)25-10-3-4-11-25/h5-6,15,17H,3-4,7-14,16H2,1-2H3,(H,21,23). The van der Waals surface area contributed by atoms with Gasteiger partial charge >= 0.3 is 0 Å². The lowest BCUT2D eigenvalue weighted by atomic mass is 9.96. The average Bonchev–Trinajstić information content (AvgIpc) is 3.23. The van der Waals surface area contributed by atoms with Gasteiger partial charge in [-0.05, 0) is 49.7 Å². The molecule has 1 aromatic heterocycles. The van der Waals surface area contributed by atoms with Crippen molar-refractivity contribution in [3.8, 4) is 0 Å². The van der Waals surface area contributed by atoms with Crippen LogP contribution in [0.1, 0.15) is 37.7 Å². The molecule has 0 unspecified atom stereocenters. The molecule has 2 aliphatic rings. The van der Waals surface area contributed by atoms with E-state index in [0.29, 0.717) is 0 Å². The zero-order valence-electron chi connectivity index (χ0n) is 16.3. The van der Waals surface area contributed by atoms with Crippen molar-refractivity contribution < 1.29 is 4.74 Å². The minimum Gasteiger partial charge on any atom is -0.381 e. The molecule has 0 aliphatic carbocycles. The summed E-state index contributed by atoms with van der Waals surface area (Å²) >= 11 is 0. The average molecular weight is 360 g/mol. The SMILES string of the molecule is CN=C(NCc1ccc(N2CCCC2)nc1)N(C)CCC1CCOCC1. The first-order valence-electron chi connectivity index (χ1n) is 9.95. The van der Waals surface area contributed by atoms with Crippen LogP contribution in [0.2, 0.25) is 0 Å². The van der Waals surface area contributed by atoms with Crippen LogP contribution < -0.4 is 10.2 Å². The molecule has 0 atom stereocenters. The van der Waals surface area contributed by atoms with E-state index >= 15 is 0 Å². The number of hydrogen-bond donors (Lipinski definition) is 1. The lowest BCUT2D eigenvalue weighted by Crippen LogP contribution is -2.39. The number of hydrogen-bond acceptors (Lipinski definition) is 4. The first-order chi connectivity index (χ1) is 12.8. The Balaban J connectivity index is 1.43. The van der Waals surface area contributed by atoms with E-state index in [1.54, 1.807) is 0 Å². The lowest BCUT2D eigenvalue weighted by Gasteiger charge is -2.26. The zero-order valence-corrected chi connectivity index (χ0v) is 16.3. The van der Waals surface area contributed by atoms with E-state index in [0.717, 1.165) is 57.1 Å². The van der Waals surface area contributed by atoms with E-state index in [1.165, 1.54) is 37.7 Å². The Hall–Kier alpha value is -1.82. The number of aromatic nitrogens is 1. The van der Waals surface area contributed by atoms with Crippen LogP contribution in [0, 0.1) is 5.92 Å². The van der Waals surface area contributed by atoms with Crippen molar-refractivity contribution in [1.29, 1.82) is 0 Å². The molecule has 144 valence electrons. The van der Waals surface area contributed by atoms with Gasteiger partial charge in [0.1, 0.15) is 5.82 Å². The van der Waals surface area contributed by atoms with Crippen molar-refractivity contribution in [2.75, 3.05) is 51.8 Å². The summed E-state index contributed by atoms with van der Waals surface area (Å²) in [6, 6.07) is 4.31. The van der Waals surface area contributed by atoms with Crippen LogP contribution in [-0.2, 0) is 11.3 Å². The predicted octanol–water partition coefficient (Wildman–Crippen LogP) is 2.51. The molecule has 2 saturated heterocycles. The fourth-order valence-electron chi connectivity index (χ4n) is 3.74. The molecular formula is C20H33N5O. The van der Waals surface area contributed by atoms with E-state index in [-0.39, 0.29) is 0 Å². The second-order valence-corrected chi connectivity index (χ2v) is 7.39. The van der Waals surface area contributed by atoms with Gasteiger partial charge in [0.15, 0.2) is 5.96 Å². The molecule has 1 aromatic rings. The fraction of sp³-hybridized carbons (Fsp3) is 0.700. The first kappa shape index (κ1) is 19.0. The summed E-state index contributed by atoms with van der Waals surface area (Å²) in [7, 11) is 3.96. The number of aliphatic imine (C=N–C) groups is 1. The van der Waals surface area contributed by atoms with Crippen LogP contribution in [0.3, 0.4) is 0 Å². The number of ether oxygens (including phenoxy) is 1. The van der Waals surface area contributed by atoms with Crippen LogP contribution in [0.5, 0.6) is 0 Å². The molecule has 6 nitrogen and oxygen atoms in total. The summed E-state index contributed by atoms with van der Waals surface area (Å²) in [4.78, 5) is 13.6. The molecule has 2 fully saturated rings. The maximum atomic E-state index is 5.44. The van der Waals surface area contributed by atoms with Crippen LogP contribution in [0.15, 0.2) is 23.3 Å². The topological polar surface area (TPSA) is 53.0 Å². The molecule has 0 saturated carbocycles. The van der Waals surface area contributed by atoms with E-state index in [2.05, 4.69) is 44.3 Å². The van der Waals surface area contributed by atoms with Crippen LogP contribution in [-0.4, -0.2) is 62.8 Å². The second kappa shape index (κ2) is 9.76. The van der Waals surface area contributed by atoms with Gasteiger partial charge in [0, 0.05) is 59.7 Å². The van der Waals surface area contributed by atoms with Gasteiger partial charge in [-0.2, -0.15) is 0 Å². The fourth-order valence-corrected chi connectivity index (χ4v) is 3.74. The third kappa shape index (κ3) is 5.34. The van der Waals surface area contributed by atoms with Gasteiger partial charge in [-0.1, -0.05) is 6.07 Å². The quantitative estimate of drug-likeness (QED) is 0.625. The summed E-state index contributed by atoms with van der Waals surface area (Å²) in [5.74, 6) is 2.83. The zero-order chi connectivity index (χ0) is 18.2. The van der Waals surface area contributed by atoms with Gasteiger partial charge in [-0.25, -0.2) is 4.98 Å². The molecule has 1 N–H and O–H groups in total. The first-order valence-corrected chi connectivity index (χ1v) is 9.95. The number of nitrogens with zero attached hydrogens (tertiary/aromatic N) is 4. The highest BCUT2D eigenvalue weighted by atomic mass is 16.5. The summed E-state index contributed by atoms with van der Waals surface area (Å²) in [5.41, 5.74) is 1.19. The summed E-state index contributed by atoms with van der Waals surface area (Å²) < 4.78 is 5.44. The molecule has 0 radical (unpaired) electrons. The van der Waals surface area contributed by atoms with Crippen LogP contribution >= 0.6 is 0 Å². The van der Waals surface area contributed by atoms with Gasteiger partial charge in [-0.3, -0.25) is 4.99 Å². The number of pyridine rings is 1. The molecule has 3 rings (SSSR count).